The van der Waals surface area contributed by atoms with E-state index in [2.05, 4.69) is 55.6 Å². The number of carbonyl (C=O) groups is 1. The monoisotopic (exact) mass is 626 g/mol. The average molecular weight is 627 g/mol. The molecule has 0 spiro atoms. The summed E-state index contributed by atoms with van der Waals surface area (Å²) >= 11 is 0. The Labute approximate surface area is 263 Å². The van der Waals surface area contributed by atoms with E-state index in [0.29, 0.717) is 17.4 Å². The first-order chi connectivity index (χ1) is 20.5. The lowest BCUT2D eigenvalue weighted by atomic mass is 10.1. The standard InChI is InChI=1S/C34H63N2O6P/c1-6-8-10-12-14-16-18-20-22-24-26-28-34(38)35-32(31-42-43(39,40)41-30-29-36(3,4)5)33(37)27-25-23-21-19-17-15-13-11-9-7-2/h9,11-12,14,17,19,25,27,32-33,37H,6-8,10,13,15-16,18,20-24,26,28-31H2,1-5H3,(H-,35,38,39,40)/b11-9+,14-12-,19-17+,27-25+. The number of unbranched alkanes of at least 4 members (excludes halogenated alkanes) is 9. The van der Waals surface area contributed by atoms with Crippen molar-refractivity contribution in [3.8, 4) is 0 Å². The van der Waals surface area contributed by atoms with Crippen LogP contribution in [0.3, 0.4) is 0 Å². The molecule has 0 aliphatic heterocycles. The summed E-state index contributed by atoms with van der Waals surface area (Å²) in [7, 11) is 1.21. The molecule has 250 valence electrons. The van der Waals surface area contributed by atoms with Crippen LogP contribution in [0.1, 0.15) is 110 Å². The summed E-state index contributed by atoms with van der Waals surface area (Å²) < 4.78 is 22.9. The minimum Gasteiger partial charge on any atom is -0.756 e. The highest BCUT2D eigenvalue weighted by Gasteiger charge is 2.23. The molecule has 3 atom stereocenters. The number of nitrogens with zero attached hydrogens (tertiary/aromatic N) is 1. The topological polar surface area (TPSA) is 108 Å². The van der Waals surface area contributed by atoms with E-state index in [-0.39, 0.29) is 12.5 Å². The number of likely N-dealkylation sites (N-methyl/N-ethyl adjacent to an activating group) is 1. The summed E-state index contributed by atoms with van der Waals surface area (Å²) in [5, 5.41) is 13.6. The lowest BCUT2D eigenvalue weighted by molar-refractivity contribution is -0.870. The van der Waals surface area contributed by atoms with Gasteiger partial charge in [0.05, 0.1) is 39.9 Å². The van der Waals surface area contributed by atoms with Crippen LogP contribution in [0.15, 0.2) is 48.6 Å². The van der Waals surface area contributed by atoms with Gasteiger partial charge < -0.3 is 28.8 Å². The fourth-order valence-electron chi connectivity index (χ4n) is 4.05. The second kappa shape index (κ2) is 26.8. The van der Waals surface area contributed by atoms with E-state index in [1.165, 1.54) is 12.8 Å². The second-order valence-electron chi connectivity index (χ2n) is 12.1. The largest absolute Gasteiger partial charge is 0.756 e. The molecule has 0 aromatic carbocycles. The van der Waals surface area contributed by atoms with Crippen molar-refractivity contribution >= 4 is 13.7 Å². The van der Waals surface area contributed by atoms with Gasteiger partial charge in [0.1, 0.15) is 13.2 Å². The Hall–Kier alpha value is -1.54. The van der Waals surface area contributed by atoms with E-state index in [1.807, 2.05) is 27.2 Å². The maximum atomic E-state index is 12.7. The molecule has 0 heterocycles. The molecule has 0 fully saturated rings. The van der Waals surface area contributed by atoms with Crippen LogP contribution >= 0.6 is 7.82 Å². The molecule has 43 heavy (non-hydrogen) atoms. The van der Waals surface area contributed by atoms with E-state index in [9.17, 15) is 19.4 Å². The normalized spacial score (nSPS) is 15.6. The molecular formula is C34H63N2O6P. The van der Waals surface area contributed by atoms with Crippen molar-refractivity contribution in [1.82, 2.24) is 5.32 Å². The first kappa shape index (κ1) is 41.5. The molecule has 0 saturated carbocycles. The highest BCUT2D eigenvalue weighted by molar-refractivity contribution is 7.45. The van der Waals surface area contributed by atoms with Crippen molar-refractivity contribution in [3.63, 3.8) is 0 Å². The first-order valence-corrected chi connectivity index (χ1v) is 18.0. The Morgan fingerprint density at radius 1 is 0.814 bits per heavy atom. The number of allylic oxidation sites excluding steroid dienone is 7. The summed E-state index contributed by atoms with van der Waals surface area (Å²) in [6.07, 6.45) is 30.2. The van der Waals surface area contributed by atoms with Gasteiger partial charge >= 0.3 is 0 Å². The minimum absolute atomic E-state index is 0.0126. The van der Waals surface area contributed by atoms with Gasteiger partial charge in [-0.3, -0.25) is 9.36 Å². The van der Waals surface area contributed by atoms with Crippen molar-refractivity contribution in [1.29, 1.82) is 0 Å². The summed E-state index contributed by atoms with van der Waals surface area (Å²) in [6.45, 7) is 4.39. The number of phosphoric ester groups is 1. The van der Waals surface area contributed by atoms with Crippen molar-refractivity contribution in [2.45, 2.75) is 122 Å². The Balaban J connectivity index is 4.72. The van der Waals surface area contributed by atoms with Gasteiger partial charge in [0.25, 0.3) is 7.82 Å². The number of rotatable bonds is 28. The molecule has 0 saturated heterocycles. The number of phosphoric acid groups is 1. The van der Waals surface area contributed by atoms with Gasteiger partial charge in [0.15, 0.2) is 0 Å². The zero-order chi connectivity index (χ0) is 32.2. The van der Waals surface area contributed by atoms with Gasteiger partial charge in [-0.2, -0.15) is 0 Å². The number of nitrogens with one attached hydrogen (secondary N) is 1. The molecule has 0 rings (SSSR count). The van der Waals surface area contributed by atoms with Gasteiger partial charge in [-0.1, -0.05) is 94.6 Å². The average Bonchev–Trinajstić information content (AvgIpc) is 2.94. The third kappa shape index (κ3) is 29.0. The maximum Gasteiger partial charge on any atom is 0.268 e. The van der Waals surface area contributed by atoms with Crippen molar-refractivity contribution < 1.29 is 32.9 Å². The first-order valence-electron chi connectivity index (χ1n) is 16.5. The molecular weight excluding hydrogens is 563 g/mol. The number of hydrogen-bond donors (Lipinski definition) is 2. The molecule has 1 amide bonds. The molecule has 0 bridgehead atoms. The fourth-order valence-corrected chi connectivity index (χ4v) is 4.77. The van der Waals surface area contributed by atoms with E-state index < -0.39 is 26.6 Å². The van der Waals surface area contributed by atoms with Crippen LogP contribution in [0.25, 0.3) is 0 Å². The Kier molecular flexibility index (Phi) is 25.9. The number of carbonyl (C=O) groups excluding carboxylic acids is 1. The van der Waals surface area contributed by atoms with Crippen LogP contribution in [0.5, 0.6) is 0 Å². The van der Waals surface area contributed by atoms with Crippen LogP contribution in [-0.2, 0) is 18.4 Å². The molecule has 9 heteroatoms. The summed E-state index contributed by atoms with van der Waals surface area (Å²) in [6, 6.07) is -0.909. The van der Waals surface area contributed by atoms with Gasteiger partial charge in [-0.25, -0.2) is 0 Å². The van der Waals surface area contributed by atoms with E-state index in [4.69, 9.17) is 9.05 Å². The molecule has 0 aliphatic carbocycles. The Bertz CT molecular complexity index is 850. The second-order valence-corrected chi connectivity index (χ2v) is 13.5. The lowest BCUT2D eigenvalue weighted by Crippen LogP contribution is -2.45. The molecule has 2 N–H and O–H groups in total. The summed E-state index contributed by atoms with van der Waals surface area (Å²) in [5.41, 5.74) is 0. The van der Waals surface area contributed by atoms with Crippen LogP contribution < -0.4 is 10.2 Å². The van der Waals surface area contributed by atoms with Gasteiger partial charge in [0.2, 0.25) is 5.91 Å². The van der Waals surface area contributed by atoms with Crippen LogP contribution in [0, 0.1) is 0 Å². The molecule has 0 aromatic rings. The quantitative estimate of drug-likeness (QED) is 0.0413. The summed E-state index contributed by atoms with van der Waals surface area (Å²) in [5.74, 6) is -0.230. The zero-order valence-electron chi connectivity index (χ0n) is 27.9. The number of hydrogen-bond acceptors (Lipinski definition) is 6. The van der Waals surface area contributed by atoms with Gasteiger partial charge in [-0.15, -0.1) is 0 Å². The van der Waals surface area contributed by atoms with Crippen LogP contribution in [-0.4, -0.2) is 68.5 Å². The number of aliphatic hydroxyl groups excluding tert-OH is 1. The number of quaternary nitrogens is 1. The molecule has 3 unspecified atom stereocenters. The summed E-state index contributed by atoms with van der Waals surface area (Å²) in [4.78, 5) is 25.0. The van der Waals surface area contributed by atoms with Crippen molar-refractivity contribution in [2.24, 2.45) is 0 Å². The SMILES string of the molecule is CC/C=C/CC/C=C/CC/C=C/C(O)C(COP(=O)([O-])OCC[N+](C)(C)C)NC(=O)CCCCCCC/C=C\CCCC. The number of amides is 1. The predicted molar refractivity (Wildman–Crippen MR) is 178 cm³/mol. The van der Waals surface area contributed by atoms with Crippen molar-refractivity contribution in [2.75, 3.05) is 40.9 Å². The molecule has 8 nitrogen and oxygen atoms in total. The lowest BCUT2D eigenvalue weighted by Gasteiger charge is -2.29. The van der Waals surface area contributed by atoms with E-state index >= 15 is 0 Å². The smallest absolute Gasteiger partial charge is 0.268 e. The number of aliphatic hydroxyl groups is 1. The predicted octanol–water partition coefficient (Wildman–Crippen LogP) is 7.16. The highest BCUT2D eigenvalue weighted by Crippen LogP contribution is 2.38. The van der Waals surface area contributed by atoms with Crippen LogP contribution in [0.4, 0.5) is 0 Å². The highest BCUT2D eigenvalue weighted by atomic mass is 31.2. The van der Waals surface area contributed by atoms with E-state index in [1.54, 1.807) is 6.08 Å². The third-order valence-electron chi connectivity index (χ3n) is 6.75. The van der Waals surface area contributed by atoms with Gasteiger partial charge in [0, 0.05) is 6.42 Å². The minimum atomic E-state index is -4.58. The van der Waals surface area contributed by atoms with Crippen molar-refractivity contribution in [3.05, 3.63) is 48.6 Å². The zero-order valence-corrected chi connectivity index (χ0v) is 28.8. The van der Waals surface area contributed by atoms with E-state index in [0.717, 1.165) is 77.0 Å². The molecule has 0 aliphatic rings. The third-order valence-corrected chi connectivity index (χ3v) is 7.71. The Morgan fingerprint density at radius 3 is 2.00 bits per heavy atom. The molecule has 0 radical (unpaired) electrons. The molecule has 0 aromatic heterocycles. The fraction of sp³-hybridized carbons (Fsp3) is 0.735. The van der Waals surface area contributed by atoms with Gasteiger partial charge in [-0.05, 0) is 57.8 Å². The maximum absolute atomic E-state index is 12.7. The van der Waals surface area contributed by atoms with Crippen LogP contribution in [0.2, 0.25) is 0 Å². The Morgan fingerprint density at radius 2 is 1.37 bits per heavy atom.